The van der Waals surface area contributed by atoms with Crippen LogP contribution in [0, 0.1) is 23.5 Å². The van der Waals surface area contributed by atoms with Crippen LogP contribution in [0.4, 0.5) is 8.78 Å². The van der Waals surface area contributed by atoms with E-state index in [0.717, 1.165) is 0 Å². The highest BCUT2D eigenvalue weighted by atomic mass is 19.1. The Bertz CT molecular complexity index is 738. The monoisotopic (exact) mass is 332 g/mol. The van der Waals surface area contributed by atoms with Crippen LogP contribution in [0.15, 0.2) is 48.5 Å². The Morgan fingerprint density at radius 2 is 1.12 bits per heavy atom. The first-order chi connectivity index (χ1) is 11.4. The van der Waals surface area contributed by atoms with Gasteiger partial charge < -0.3 is 10.2 Å². The van der Waals surface area contributed by atoms with Crippen molar-refractivity contribution in [3.05, 3.63) is 71.3 Å². The average molecular weight is 332 g/mol. The molecule has 0 spiro atoms. The first kappa shape index (κ1) is 16.1. The Balaban J connectivity index is 2.10. The van der Waals surface area contributed by atoms with Gasteiger partial charge in [-0.15, -0.1) is 0 Å². The van der Waals surface area contributed by atoms with Crippen molar-refractivity contribution < 1.29 is 28.6 Å². The van der Waals surface area contributed by atoms with Crippen LogP contribution in [-0.4, -0.2) is 22.2 Å². The zero-order valence-corrected chi connectivity index (χ0v) is 12.4. The minimum Gasteiger partial charge on any atom is -0.481 e. The van der Waals surface area contributed by atoms with Gasteiger partial charge in [-0.2, -0.15) is 0 Å². The van der Waals surface area contributed by atoms with E-state index in [1.54, 1.807) is 12.1 Å². The number of aliphatic carboxylic acids is 2. The minimum atomic E-state index is -1.26. The fourth-order valence-corrected chi connectivity index (χ4v) is 3.62. The van der Waals surface area contributed by atoms with E-state index < -0.39 is 47.2 Å². The van der Waals surface area contributed by atoms with Crippen LogP contribution >= 0.6 is 0 Å². The molecule has 0 bridgehead atoms. The van der Waals surface area contributed by atoms with E-state index >= 15 is 0 Å². The van der Waals surface area contributed by atoms with Gasteiger partial charge in [0.15, 0.2) is 0 Å². The van der Waals surface area contributed by atoms with Gasteiger partial charge in [-0.1, -0.05) is 24.3 Å². The number of benzene rings is 2. The normalized spacial score (nSPS) is 25.8. The third kappa shape index (κ3) is 2.64. The Morgan fingerprint density at radius 1 is 0.750 bits per heavy atom. The molecular weight excluding hydrogens is 318 g/mol. The molecule has 124 valence electrons. The average Bonchev–Trinajstić information content (AvgIpc) is 2.45. The molecule has 1 saturated carbocycles. The molecule has 1 fully saturated rings. The molecule has 1 aliphatic rings. The second kappa shape index (κ2) is 6.03. The summed E-state index contributed by atoms with van der Waals surface area (Å²) in [5.74, 6) is -7.45. The van der Waals surface area contributed by atoms with Gasteiger partial charge in [0, 0.05) is 11.8 Å². The lowest BCUT2D eigenvalue weighted by molar-refractivity contribution is -0.164. The Hall–Kier alpha value is -2.76. The maximum atomic E-state index is 13.5. The first-order valence-electron chi connectivity index (χ1n) is 7.36. The van der Waals surface area contributed by atoms with Gasteiger partial charge in [0.2, 0.25) is 0 Å². The third-order valence-corrected chi connectivity index (χ3v) is 4.59. The van der Waals surface area contributed by atoms with E-state index in [9.17, 15) is 28.6 Å². The standard InChI is InChI=1S/C18H14F2O4/c19-11-5-1-3-9(7-11)13-14(10-4-2-6-12(20)8-10)16(18(23)24)15(13)17(21)22/h1-8,13-16H,(H,21,22)(H,23,24)/t13-,14+,15+,16-. The molecule has 4 nitrogen and oxygen atoms in total. The molecule has 4 atom stereocenters. The van der Waals surface area contributed by atoms with Crippen LogP contribution in [0.25, 0.3) is 0 Å². The molecule has 0 heterocycles. The van der Waals surface area contributed by atoms with Crippen molar-refractivity contribution in [2.24, 2.45) is 11.8 Å². The van der Waals surface area contributed by atoms with Crippen LogP contribution in [0.3, 0.4) is 0 Å². The van der Waals surface area contributed by atoms with Crippen molar-refractivity contribution >= 4 is 11.9 Å². The van der Waals surface area contributed by atoms with Crippen molar-refractivity contribution in [3.8, 4) is 0 Å². The van der Waals surface area contributed by atoms with E-state index in [0.29, 0.717) is 11.1 Å². The lowest BCUT2D eigenvalue weighted by Crippen LogP contribution is -2.51. The fraction of sp³-hybridized carbons (Fsp3) is 0.222. The highest BCUT2D eigenvalue weighted by Crippen LogP contribution is 2.58. The summed E-state index contributed by atoms with van der Waals surface area (Å²) in [4.78, 5) is 23.2. The molecule has 0 unspecified atom stereocenters. The number of halogens is 2. The van der Waals surface area contributed by atoms with E-state index in [1.807, 2.05) is 0 Å². The van der Waals surface area contributed by atoms with Gasteiger partial charge in [0.05, 0.1) is 11.8 Å². The van der Waals surface area contributed by atoms with E-state index in [-0.39, 0.29) is 0 Å². The van der Waals surface area contributed by atoms with E-state index in [1.165, 1.54) is 36.4 Å². The summed E-state index contributed by atoms with van der Waals surface area (Å²) >= 11 is 0. The van der Waals surface area contributed by atoms with Gasteiger partial charge in [-0.05, 0) is 35.4 Å². The van der Waals surface area contributed by atoms with Gasteiger partial charge in [-0.3, -0.25) is 9.59 Å². The molecule has 0 saturated heterocycles. The van der Waals surface area contributed by atoms with Crippen molar-refractivity contribution in [2.45, 2.75) is 11.8 Å². The number of carboxylic acids is 2. The topological polar surface area (TPSA) is 74.6 Å². The molecule has 0 radical (unpaired) electrons. The summed E-state index contributed by atoms with van der Waals surface area (Å²) in [7, 11) is 0. The second-order valence-corrected chi connectivity index (χ2v) is 5.89. The van der Waals surface area contributed by atoms with Gasteiger partial charge in [0.25, 0.3) is 0 Å². The van der Waals surface area contributed by atoms with Gasteiger partial charge in [-0.25, -0.2) is 8.78 Å². The minimum absolute atomic E-state index is 0.397. The van der Waals surface area contributed by atoms with Gasteiger partial charge >= 0.3 is 11.9 Å². The number of hydrogen-bond acceptors (Lipinski definition) is 2. The summed E-state index contributed by atoms with van der Waals surface area (Å²) in [5.41, 5.74) is 0.795. The number of hydrogen-bond donors (Lipinski definition) is 2. The summed E-state index contributed by atoms with van der Waals surface area (Å²) < 4.78 is 27.1. The van der Waals surface area contributed by atoms with E-state index in [4.69, 9.17) is 0 Å². The molecule has 0 aliphatic heterocycles. The highest BCUT2D eigenvalue weighted by molar-refractivity contribution is 5.85. The molecule has 24 heavy (non-hydrogen) atoms. The molecule has 3 rings (SSSR count). The molecule has 1 aliphatic carbocycles. The maximum Gasteiger partial charge on any atom is 0.308 e. The Labute approximate surface area is 136 Å². The Kier molecular flexibility index (Phi) is 4.05. The summed E-state index contributed by atoms with van der Waals surface area (Å²) in [6, 6.07) is 10.9. The zero-order valence-electron chi connectivity index (χ0n) is 12.4. The molecule has 2 aromatic carbocycles. The smallest absolute Gasteiger partial charge is 0.308 e. The molecule has 2 aromatic rings. The molecule has 6 heteroatoms. The maximum absolute atomic E-state index is 13.5. The highest BCUT2D eigenvalue weighted by Gasteiger charge is 2.58. The number of carboxylic acid groups (broad SMARTS) is 2. The molecule has 0 amide bonds. The van der Waals surface area contributed by atoms with Crippen LogP contribution in [-0.2, 0) is 9.59 Å². The number of carbonyl (C=O) groups is 2. The lowest BCUT2D eigenvalue weighted by atomic mass is 9.52. The summed E-state index contributed by atoms with van der Waals surface area (Å²) in [6.07, 6.45) is 0. The van der Waals surface area contributed by atoms with Crippen molar-refractivity contribution in [1.29, 1.82) is 0 Å². The quantitative estimate of drug-likeness (QED) is 0.901. The molecule has 2 N–H and O–H groups in total. The van der Waals surface area contributed by atoms with Crippen LogP contribution in [0.2, 0.25) is 0 Å². The summed E-state index contributed by atoms with van der Waals surface area (Å²) in [6.45, 7) is 0. The van der Waals surface area contributed by atoms with Crippen molar-refractivity contribution in [3.63, 3.8) is 0 Å². The fourth-order valence-electron chi connectivity index (χ4n) is 3.62. The first-order valence-corrected chi connectivity index (χ1v) is 7.36. The van der Waals surface area contributed by atoms with Crippen LogP contribution in [0.5, 0.6) is 0 Å². The predicted molar refractivity (Wildman–Crippen MR) is 80.5 cm³/mol. The molecular formula is C18H14F2O4. The lowest BCUT2D eigenvalue weighted by Gasteiger charge is -2.48. The van der Waals surface area contributed by atoms with Gasteiger partial charge in [0.1, 0.15) is 11.6 Å². The van der Waals surface area contributed by atoms with E-state index in [2.05, 4.69) is 0 Å². The van der Waals surface area contributed by atoms with Crippen molar-refractivity contribution in [1.82, 2.24) is 0 Å². The van der Waals surface area contributed by atoms with Crippen LogP contribution in [0.1, 0.15) is 23.0 Å². The van der Waals surface area contributed by atoms with Crippen LogP contribution < -0.4 is 0 Å². The Morgan fingerprint density at radius 3 is 1.42 bits per heavy atom. The zero-order chi connectivity index (χ0) is 17.4. The largest absolute Gasteiger partial charge is 0.481 e. The van der Waals surface area contributed by atoms with Crippen molar-refractivity contribution in [2.75, 3.05) is 0 Å². The molecule has 0 aromatic heterocycles. The SMILES string of the molecule is O=C(O)[C@@H]1[C@H](C(=O)O)[C@@H](c2cccc(F)c2)[C@H]1c1cccc(F)c1. The number of rotatable bonds is 4. The second-order valence-electron chi connectivity index (χ2n) is 5.89. The predicted octanol–water partition coefficient (Wildman–Crippen LogP) is 3.25. The summed E-state index contributed by atoms with van der Waals surface area (Å²) in [5, 5.41) is 18.9. The third-order valence-electron chi connectivity index (χ3n) is 4.59.